The lowest BCUT2D eigenvalue weighted by atomic mass is 9.85. The van der Waals surface area contributed by atoms with Gasteiger partial charge in [0.15, 0.2) is 12.6 Å². The second-order valence-corrected chi connectivity index (χ2v) is 8.34. The Morgan fingerprint density at radius 1 is 0.897 bits per heavy atom. The summed E-state index contributed by atoms with van der Waals surface area (Å²) in [4.78, 5) is 5.35. The molecule has 29 heavy (non-hydrogen) atoms. The van der Waals surface area contributed by atoms with Crippen LogP contribution >= 0.6 is 0 Å². The molecule has 7 N–H and O–H groups in total. The minimum Gasteiger partial charge on any atom is -0.394 e. The first-order chi connectivity index (χ1) is 13.6. The molecule has 3 saturated heterocycles. The van der Waals surface area contributed by atoms with E-state index in [4.69, 9.17) is 19.0 Å². The number of aliphatic hydroxyl groups excluding tert-OH is 6. The van der Waals surface area contributed by atoms with Crippen LogP contribution in [0.4, 0.5) is 0 Å². The molecule has 3 aliphatic rings. The van der Waals surface area contributed by atoms with E-state index in [1.54, 1.807) is 0 Å². The maximum Gasteiger partial charge on any atom is 0.187 e. The largest absolute Gasteiger partial charge is 0.394 e. The van der Waals surface area contributed by atoms with E-state index in [2.05, 4.69) is 26.3 Å². The minimum atomic E-state index is -1.68. The van der Waals surface area contributed by atoms with Gasteiger partial charge in [0.1, 0.15) is 36.6 Å². The summed E-state index contributed by atoms with van der Waals surface area (Å²) in [5.74, 6) is 0.522. The first-order valence-corrected chi connectivity index (χ1v) is 9.93. The molecule has 3 heterocycles. The average Bonchev–Trinajstić information content (AvgIpc) is 3.05. The molecular formula is C18H35NO10. The summed E-state index contributed by atoms with van der Waals surface area (Å²) in [6.45, 7) is 7.39. The lowest BCUT2D eigenvalue weighted by molar-refractivity contribution is -0.349. The molecule has 0 aromatic carbocycles. The SMILES string of the molecule is CC(C)C.CC1NOC2C(O)C(OC3C(CO)OC(O)C(O)C3O)OC(CO)C12. The summed E-state index contributed by atoms with van der Waals surface area (Å²) in [5.41, 5.74) is 2.73. The molecule has 0 saturated carbocycles. The first kappa shape index (κ1) is 24.8. The van der Waals surface area contributed by atoms with Crippen molar-refractivity contribution in [2.45, 2.75) is 89.0 Å². The van der Waals surface area contributed by atoms with Crippen molar-refractivity contribution in [3.8, 4) is 0 Å². The molecule has 11 heteroatoms. The van der Waals surface area contributed by atoms with E-state index >= 15 is 0 Å². The fourth-order valence-corrected chi connectivity index (χ4v) is 3.62. The molecule has 0 aromatic rings. The van der Waals surface area contributed by atoms with Crippen LogP contribution in [0.25, 0.3) is 0 Å². The van der Waals surface area contributed by atoms with Gasteiger partial charge in [-0.2, -0.15) is 5.48 Å². The van der Waals surface area contributed by atoms with Crippen LogP contribution in [0.5, 0.6) is 0 Å². The van der Waals surface area contributed by atoms with Gasteiger partial charge in [-0.05, 0) is 12.8 Å². The Kier molecular flexibility index (Phi) is 9.19. The summed E-state index contributed by atoms with van der Waals surface area (Å²) < 4.78 is 16.2. The first-order valence-electron chi connectivity index (χ1n) is 9.93. The molecule has 0 spiro atoms. The molecule has 0 aliphatic carbocycles. The highest BCUT2D eigenvalue weighted by atomic mass is 16.7. The van der Waals surface area contributed by atoms with Crippen molar-refractivity contribution in [3.63, 3.8) is 0 Å². The molecule has 0 amide bonds. The van der Waals surface area contributed by atoms with Crippen LogP contribution in [0.15, 0.2) is 0 Å². The van der Waals surface area contributed by atoms with E-state index < -0.39 is 61.9 Å². The predicted molar refractivity (Wildman–Crippen MR) is 98.1 cm³/mol. The summed E-state index contributed by atoms with van der Waals surface area (Å²) in [6.07, 6.45) is -11.3. The van der Waals surface area contributed by atoms with Crippen molar-refractivity contribution in [2.24, 2.45) is 11.8 Å². The van der Waals surface area contributed by atoms with Crippen molar-refractivity contribution in [1.82, 2.24) is 5.48 Å². The number of aliphatic hydroxyl groups is 6. The summed E-state index contributed by atoms with van der Waals surface area (Å²) in [7, 11) is 0. The number of hydrogen-bond donors (Lipinski definition) is 7. The van der Waals surface area contributed by atoms with E-state index in [-0.39, 0.29) is 18.6 Å². The van der Waals surface area contributed by atoms with Gasteiger partial charge in [0.2, 0.25) is 0 Å². The van der Waals surface area contributed by atoms with E-state index in [1.807, 2.05) is 6.92 Å². The van der Waals surface area contributed by atoms with E-state index in [0.717, 1.165) is 5.92 Å². The summed E-state index contributed by atoms with van der Waals surface area (Å²) in [5, 5.41) is 58.8. The van der Waals surface area contributed by atoms with Crippen LogP contribution in [0.1, 0.15) is 27.7 Å². The van der Waals surface area contributed by atoms with Gasteiger partial charge in [0.05, 0.1) is 19.3 Å². The smallest absolute Gasteiger partial charge is 0.187 e. The quantitative estimate of drug-likeness (QED) is 0.253. The van der Waals surface area contributed by atoms with E-state index in [9.17, 15) is 30.6 Å². The van der Waals surface area contributed by atoms with E-state index in [0.29, 0.717) is 0 Å². The van der Waals surface area contributed by atoms with Gasteiger partial charge in [0.25, 0.3) is 0 Å². The Labute approximate surface area is 170 Å². The Hall–Kier alpha value is -0.440. The molecule has 11 atom stereocenters. The van der Waals surface area contributed by atoms with Crippen molar-refractivity contribution < 1.29 is 49.7 Å². The zero-order valence-corrected chi connectivity index (χ0v) is 17.2. The highest BCUT2D eigenvalue weighted by Crippen LogP contribution is 2.36. The Morgan fingerprint density at radius 2 is 1.48 bits per heavy atom. The van der Waals surface area contributed by atoms with Crippen molar-refractivity contribution >= 4 is 0 Å². The summed E-state index contributed by atoms with van der Waals surface area (Å²) >= 11 is 0. The Balaban J connectivity index is 0.000000687. The number of nitrogens with one attached hydrogen (secondary N) is 1. The van der Waals surface area contributed by atoms with Gasteiger partial charge < -0.3 is 44.8 Å². The molecule has 0 bridgehead atoms. The monoisotopic (exact) mass is 425 g/mol. The third kappa shape index (κ3) is 5.63. The van der Waals surface area contributed by atoms with Crippen molar-refractivity contribution in [3.05, 3.63) is 0 Å². The fourth-order valence-electron chi connectivity index (χ4n) is 3.62. The minimum absolute atomic E-state index is 0.163. The average molecular weight is 425 g/mol. The van der Waals surface area contributed by atoms with Crippen LogP contribution in [-0.2, 0) is 19.0 Å². The third-order valence-electron chi connectivity index (χ3n) is 5.01. The maximum atomic E-state index is 10.5. The second-order valence-electron chi connectivity index (χ2n) is 8.34. The maximum absolute atomic E-state index is 10.5. The zero-order chi connectivity index (χ0) is 21.9. The van der Waals surface area contributed by atoms with Gasteiger partial charge in [-0.1, -0.05) is 20.8 Å². The third-order valence-corrected chi connectivity index (χ3v) is 5.01. The fraction of sp³-hybridized carbons (Fsp3) is 1.00. The van der Waals surface area contributed by atoms with Crippen LogP contribution < -0.4 is 5.48 Å². The Bertz CT molecular complexity index is 493. The van der Waals surface area contributed by atoms with Gasteiger partial charge in [0, 0.05) is 12.0 Å². The lowest BCUT2D eigenvalue weighted by Gasteiger charge is -2.45. The van der Waals surface area contributed by atoms with Gasteiger partial charge in [-0.25, -0.2) is 0 Å². The molecule has 0 aromatic heterocycles. The van der Waals surface area contributed by atoms with Crippen molar-refractivity contribution in [1.29, 1.82) is 0 Å². The summed E-state index contributed by atoms with van der Waals surface area (Å²) in [6, 6.07) is -0.163. The number of ether oxygens (including phenoxy) is 3. The normalized spacial score (nSPS) is 47.5. The molecule has 11 nitrogen and oxygen atoms in total. The highest BCUT2D eigenvalue weighted by Gasteiger charge is 2.54. The number of hydrogen-bond acceptors (Lipinski definition) is 11. The topological polar surface area (TPSA) is 170 Å². The molecular weight excluding hydrogens is 390 g/mol. The molecule has 3 fully saturated rings. The van der Waals surface area contributed by atoms with Crippen molar-refractivity contribution in [2.75, 3.05) is 13.2 Å². The van der Waals surface area contributed by atoms with Gasteiger partial charge in [-0.15, -0.1) is 0 Å². The molecule has 3 aliphatic heterocycles. The Morgan fingerprint density at radius 3 is 2.03 bits per heavy atom. The van der Waals surface area contributed by atoms with E-state index in [1.165, 1.54) is 0 Å². The molecule has 11 unspecified atom stereocenters. The standard InChI is InChI=1S/C14H25NO10.C4H10/c1-4-7-5(2-16)23-14(10(20)12(7)25-15-4)24-11-6(3-17)22-13(21)9(19)8(11)18;1-4(2)3/h4-21H,2-3H2,1H3;4H,1-3H3. The molecule has 0 radical (unpaired) electrons. The van der Waals surface area contributed by atoms with Gasteiger partial charge in [-0.3, -0.25) is 4.84 Å². The van der Waals surface area contributed by atoms with Crippen LogP contribution in [-0.4, -0.2) is 105 Å². The molecule has 3 rings (SSSR count). The van der Waals surface area contributed by atoms with Crippen LogP contribution in [0, 0.1) is 11.8 Å². The number of hydroxylamine groups is 1. The predicted octanol–water partition coefficient (Wildman–Crippen LogP) is -2.55. The number of rotatable bonds is 4. The zero-order valence-electron chi connectivity index (χ0n) is 17.2. The molecule has 172 valence electrons. The van der Waals surface area contributed by atoms with Crippen LogP contribution in [0.3, 0.4) is 0 Å². The highest BCUT2D eigenvalue weighted by molar-refractivity contribution is 4.98. The second kappa shape index (κ2) is 10.7. The van der Waals surface area contributed by atoms with Crippen LogP contribution in [0.2, 0.25) is 0 Å². The lowest BCUT2D eigenvalue weighted by Crippen LogP contribution is -2.63. The number of fused-ring (bicyclic) bond motifs is 1. The van der Waals surface area contributed by atoms with Gasteiger partial charge >= 0.3 is 0 Å².